The number of nitrogens with two attached hydrogens (primary N) is 1. The summed E-state index contributed by atoms with van der Waals surface area (Å²) in [5, 5.41) is 0.795. The van der Waals surface area contributed by atoms with E-state index in [9.17, 15) is 0 Å². The number of benzene rings is 1. The van der Waals surface area contributed by atoms with E-state index >= 15 is 0 Å². The van der Waals surface area contributed by atoms with Crippen molar-refractivity contribution in [3.05, 3.63) is 28.8 Å². The molecular formula is C14H20ClN3. The molecule has 2 N–H and O–H groups in total. The van der Waals surface area contributed by atoms with Crippen LogP contribution in [-0.2, 0) is 6.54 Å². The first-order valence-electron chi connectivity index (χ1n) is 6.76. The van der Waals surface area contributed by atoms with Crippen molar-refractivity contribution in [3.63, 3.8) is 0 Å². The van der Waals surface area contributed by atoms with Crippen molar-refractivity contribution in [2.24, 2.45) is 5.73 Å². The fraction of sp³-hybridized carbons (Fsp3) is 0.571. The maximum absolute atomic E-state index is 6.24. The van der Waals surface area contributed by atoms with E-state index in [1.165, 1.54) is 31.6 Å². The molecule has 1 unspecified atom stereocenters. The summed E-state index contributed by atoms with van der Waals surface area (Å²) in [5.41, 5.74) is 8.16. The van der Waals surface area contributed by atoms with Crippen LogP contribution >= 0.6 is 11.6 Å². The molecule has 1 aromatic carbocycles. The van der Waals surface area contributed by atoms with E-state index in [0.717, 1.165) is 29.7 Å². The molecule has 18 heavy (non-hydrogen) atoms. The molecule has 1 aromatic rings. The third-order valence-electron chi connectivity index (χ3n) is 4.23. The second-order valence-corrected chi connectivity index (χ2v) is 5.63. The summed E-state index contributed by atoms with van der Waals surface area (Å²) in [4.78, 5) is 5.07. The lowest BCUT2D eigenvalue weighted by Gasteiger charge is -2.39. The van der Waals surface area contributed by atoms with Crippen LogP contribution < -0.4 is 10.6 Å². The SMILES string of the molecule is NCc1c(Cl)cccc1N1CCN2CCCC2C1. The van der Waals surface area contributed by atoms with Crippen LogP contribution in [0.4, 0.5) is 5.69 Å². The molecule has 0 amide bonds. The molecule has 2 aliphatic heterocycles. The molecule has 2 aliphatic rings. The van der Waals surface area contributed by atoms with E-state index in [1.54, 1.807) is 0 Å². The number of hydrogen-bond acceptors (Lipinski definition) is 3. The third-order valence-corrected chi connectivity index (χ3v) is 4.58. The number of hydrogen-bond donors (Lipinski definition) is 1. The van der Waals surface area contributed by atoms with Gasteiger partial charge in [0.15, 0.2) is 0 Å². The van der Waals surface area contributed by atoms with Crippen molar-refractivity contribution in [1.29, 1.82) is 0 Å². The van der Waals surface area contributed by atoms with Gasteiger partial charge < -0.3 is 10.6 Å². The Morgan fingerprint density at radius 2 is 2.17 bits per heavy atom. The molecule has 0 aliphatic carbocycles. The van der Waals surface area contributed by atoms with Gasteiger partial charge in [-0.05, 0) is 31.5 Å². The molecule has 0 radical (unpaired) electrons. The van der Waals surface area contributed by atoms with Gasteiger partial charge in [-0.1, -0.05) is 17.7 Å². The third kappa shape index (κ3) is 2.11. The zero-order valence-corrected chi connectivity index (χ0v) is 11.4. The lowest BCUT2D eigenvalue weighted by Crippen LogP contribution is -2.50. The largest absolute Gasteiger partial charge is 0.368 e. The van der Waals surface area contributed by atoms with Crippen LogP contribution in [-0.4, -0.2) is 37.1 Å². The fourth-order valence-corrected chi connectivity index (χ4v) is 3.50. The Kier molecular flexibility index (Phi) is 3.46. The highest BCUT2D eigenvalue weighted by Crippen LogP contribution is 2.30. The normalized spacial score (nSPS) is 24.3. The predicted molar refractivity (Wildman–Crippen MR) is 76.2 cm³/mol. The first kappa shape index (κ1) is 12.3. The van der Waals surface area contributed by atoms with Gasteiger partial charge in [0.1, 0.15) is 0 Å². The van der Waals surface area contributed by atoms with E-state index in [0.29, 0.717) is 6.54 Å². The van der Waals surface area contributed by atoms with Crippen molar-refractivity contribution < 1.29 is 0 Å². The fourth-order valence-electron chi connectivity index (χ4n) is 3.26. The molecule has 98 valence electrons. The zero-order valence-electron chi connectivity index (χ0n) is 10.6. The van der Waals surface area contributed by atoms with E-state index in [2.05, 4.69) is 15.9 Å². The lowest BCUT2D eigenvalue weighted by molar-refractivity contribution is 0.231. The van der Waals surface area contributed by atoms with E-state index in [-0.39, 0.29) is 0 Å². The Labute approximate surface area is 114 Å². The van der Waals surface area contributed by atoms with Crippen LogP contribution in [0.1, 0.15) is 18.4 Å². The quantitative estimate of drug-likeness (QED) is 0.889. The maximum atomic E-state index is 6.24. The second-order valence-electron chi connectivity index (χ2n) is 5.22. The van der Waals surface area contributed by atoms with Crippen molar-refractivity contribution in [2.45, 2.75) is 25.4 Å². The van der Waals surface area contributed by atoms with Crippen LogP contribution in [0.25, 0.3) is 0 Å². The van der Waals surface area contributed by atoms with Gasteiger partial charge in [-0.3, -0.25) is 4.90 Å². The molecule has 4 heteroatoms. The molecule has 2 fully saturated rings. The molecular weight excluding hydrogens is 246 g/mol. The summed E-state index contributed by atoms with van der Waals surface area (Å²) in [7, 11) is 0. The van der Waals surface area contributed by atoms with Crippen molar-refractivity contribution in [3.8, 4) is 0 Å². The van der Waals surface area contributed by atoms with Crippen LogP contribution in [0.5, 0.6) is 0 Å². The molecule has 3 nitrogen and oxygen atoms in total. The monoisotopic (exact) mass is 265 g/mol. The average Bonchev–Trinajstić information content (AvgIpc) is 2.85. The van der Waals surface area contributed by atoms with E-state index < -0.39 is 0 Å². The molecule has 1 atom stereocenters. The maximum Gasteiger partial charge on any atom is 0.0471 e. The molecule has 3 rings (SSSR count). The summed E-state index contributed by atoms with van der Waals surface area (Å²) in [6.07, 6.45) is 2.67. The minimum Gasteiger partial charge on any atom is -0.368 e. The summed E-state index contributed by atoms with van der Waals surface area (Å²) in [5.74, 6) is 0. The van der Waals surface area contributed by atoms with E-state index in [1.807, 2.05) is 12.1 Å². The first-order chi connectivity index (χ1) is 8.79. The van der Waals surface area contributed by atoms with Gasteiger partial charge in [0.2, 0.25) is 0 Å². The van der Waals surface area contributed by atoms with Crippen LogP contribution in [0.15, 0.2) is 18.2 Å². The van der Waals surface area contributed by atoms with Crippen LogP contribution in [0.2, 0.25) is 5.02 Å². The smallest absolute Gasteiger partial charge is 0.0471 e. The van der Waals surface area contributed by atoms with Gasteiger partial charge in [0.25, 0.3) is 0 Å². The van der Waals surface area contributed by atoms with Gasteiger partial charge in [-0.2, -0.15) is 0 Å². The van der Waals surface area contributed by atoms with E-state index in [4.69, 9.17) is 17.3 Å². The number of fused-ring (bicyclic) bond motifs is 1. The Hall–Kier alpha value is -0.770. The summed E-state index contributed by atoms with van der Waals surface area (Å²) < 4.78 is 0. The Balaban J connectivity index is 1.84. The van der Waals surface area contributed by atoms with Crippen molar-refractivity contribution >= 4 is 17.3 Å². The lowest BCUT2D eigenvalue weighted by atomic mass is 10.1. The van der Waals surface area contributed by atoms with Crippen molar-refractivity contribution in [1.82, 2.24) is 4.90 Å². The molecule has 2 saturated heterocycles. The first-order valence-corrected chi connectivity index (χ1v) is 7.14. The topological polar surface area (TPSA) is 32.5 Å². The molecule has 0 bridgehead atoms. The van der Waals surface area contributed by atoms with Gasteiger partial charge in [0.05, 0.1) is 0 Å². The highest BCUT2D eigenvalue weighted by Gasteiger charge is 2.31. The molecule has 2 heterocycles. The molecule has 0 aromatic heterocycles. The van der Waals surface area contributed by atoms with Gasteiger partial charge in [-0.25, -0.2) is 0 Å². The molecule has 0 spiro atoms. The zero-order chi connectivity index (χ0) is 12.5. The Morgan fingerprint density at radius 1 is 1.28 bits per heavy atom. The Morgan fingerprint density at radius 3 is 3.00 bits per heavy atom. The Bertz CT molecular complexity index is 435. The minimum atomic E-state index is 0.514. The summed E-state index contributed by atoms with van der Waals surface area (Å²) in [6, 6.07) is 6.83. The number of anilines is 1. The second kappa shape index (κ2) is 5.08. The highest BCUT2D eigenvalue weighted by atomic mass is 35.5. The van der Waals surface area contributed by atoms with Gasteiger partial charge in [0, 0.05) is 48.5 Å². The summed E-state index contributed by atoms with van der Waals surface area (Å²) in [6.45, 7) is 5.16. The van der Waals surface area contributed by atoms with Crippen molar-refractivity contribution in [2.75, 3.05) is 31.1 Å². The number of nitrogens with zero attached hydrogens (tertiary/aromatic N) is 2. The minimum absolute atomic E-state index is 0.514. The van der Waals surface area contributed by atoms with Gasteiger partial charge in [-0.15, -0.1) is 0 Å². The summed E-state index contributed by atoms with van der Waals surface area (Å²) >= 11 is 6.24. The number of piperazine rings is 1. The molecule has 0 saturated carbocycles. The van der Waals surface area contributed by atoms with Gasteiger partial charge >= 0.3 is 0 Å². The van der Waals surface area contributed by atoms with Crippen LogP contribution in [0, 0.1) is 0 Å². The highest BCUT2D eigenvalue weighted by molar-refractivity contribution is 6.31. The average molecular weight is 266 g/mol. The number of halogens is 1. The predicted octanol–water partition coefficient (Wildman–Crippen LogP) is 2.08. The van der Waals surface area contributed by atoms with Crippen LogP contribution in [0.3, 0.4) is 0 Å². The standard InChI is InChI=1S/C14H20ClN3/c15-13-4-1-5-14(12(13)9-16)18-8-7-17-6-2-3-11(17)10-18/h1,4-5,11H,2-3,6-10,16H2. The number of rotatable bonds is 2.